The standard InChI is InChI=1S/C8H14O/c1-9-7-6-8-4-2-3-5-8/h6-8H,2-5H2,1H3. The highest BCUT2D eigenvalue weighted by Gasteiger charge is 2.10. The lowest BCUT2D eigenvalue weighted by Crippen LogP contribution is -1.85. The van der Waals surface area contributed by atoms with E-state index in [-0.39, 0.29) is 0 Å². The Hall–Kier alpha value is -0.460. The zero-order chi connectivity index (χ0) is 6.53. The summed E-state index contributed by atoms with van der Waals surface area (Å²) in [7, 11) is 1.70. The zero-order valence-electron chi connectivity index (χ0n) is 5.97. The van der Waals surface area contributed by atoms with Gasteiger partial charge in [0, 0.05) is 0 Å². The van der Waals surface area contributed by atoms with E-state index in [4.69, 9.17) is 4.74 Å². The van der Waals surface area contributed by atoms with Crippen LogP contribution < -0.4 is 0 Å². The molecule has 0 heterocycles. The second kappa shape index (κ2) is 3.54. The van der Waals surface area contributed by atoms with E-state index in [0.717, 1.165) is 5.92 Å². The van der Waals surface area contributed by atoms with Gasteiger partial charge >= 0.3 is 0 Å². The Bertz CT molecular complexity index is 90.7. The molecule has 0 aromatic carbocycles. The fourth-order valence-corrected chi connectivity index (χ4v) is 1.34. The number of ether oxygens (including phenoxy) is 1. The molecule has 0 aromatic heterocycles. The molecular formula is C8H14O. The second-order valence-corrected chi connectivity index (χ2v) is 2.61. The van der Waals surface area contributed by atoms with Crippen LogP contribution in [0.1, 0.15) is 25.7 Å². The van der Waals surface area contributed by atoms with Gasteiger partial charge in [-0.15, -0.1) is 0 Å². The Kier molecular flexibility index (Phi) is 2.62. The first-order valence-corrected chi connectivity index (χ1v) is 3.63. The first-order chi connectivity index (χ1) is 4.43. The Balaban J connectivity index is 2.18. The van der Waals surface area contributed by atoms with Gasteiger partial charge in [-0.3, -0.25) is 0 Å². The van der Waals surface area contributed by atoms with E-state index in [9.17, 15) is 0 Å². The number of rotatable bonds is 2. The van der Waals surface area contributed by atoms with Gasteiger partial charge in [-0.05, 0) is 24.8 Å². The third-order valence-electron chi connectivity index (χ3n) is 1.89. The largest absolute Gasteiger partial charge is 0.505 e. The quantitative estimate of drug-likeness (QED) is 0.516. The Morgan fingerprint density at radius 2 is 2.00 bits per heavy atom. The van der Waals surface area contributed by atoms with Gasteiger partial charge in [0.15, 0.2) is 0 Å². The van der Waals surface area contributed by atoms with Gasteiger partial charge in [0.1, 0.15) is 0 Å². The fourth-order valence-electron chi connectivity index (χ4n) is 1.34. The van der Waals surface area contributed by atoms with Crippen LogP contribution in [0.2, 0.25) is 0 Å². The van der Waals surface area contributed by atoms with E-state index in [2.05, 4.69) is 6.08 Å². The zero-order valence-corrected chi connectivity index (χ0v) is 5.97. The summed E-state index contributed by atoms with van der Waals surface area (Å²) in [5, 5.41) is 0. The summed E-state index contributed by atoms with van der Waals surface area (Å²) >= 11 is 0. The molecule has 0 unspecified atom stereocenters. The van der Waals surface area contributed by atoms with E-state index in [1.807, 2.05) is 0 Å². The highest BCUT2D eigenvalue weighted by atomic mass is 16.5. The molecule has 0 radical (unpaired) electrons. The highest BCUT2D eigenvalue weighted by Crippen LogP contribution is 2.25. The molecule has 52 valence electrons. The predicted molar refractivity (Wildman–Crippen MR) is 38.1 cm³/mol. The van der Waals surface area contributed by atoms with E-state index < -0.39 is 0 Å². The van der Waals surface area contributed by atoms with Gasteiger partial charge in [0.2, 0.25) is 0 Å². The first-order valence-electron chi connectivity index (χ1n) is 3.63. The Labute approximate surface area is 56.7 Å². The lowest BCUT2D eigenvalue weighted by Gasteiger charge is -1.97. The molecule has 1 nitrogen and oxygen atoms in total. The van der Waals surface area contributed by atoms with E-state index in [1.165, 1.54) is 25.7 Å². The summed E-state index contributed by atoms with van der Waals surface area (Å²) < 4.78 is 4.82. The van der Waals surface area contributed by atoms with Crippen molar-refractivity contribution in [2.45, 2.75) is 25.7 Å². The van der Waals surface area contributed by atoms with Gasteiger partial charge < -0.3 is 4.74 Å². The molecule has 0 aromatic rings. The number of hydrogen-bond donors (Lipinski definition) is 0. The molecule has 0 amide bonds. The molecule has 0 bridgehead atoms. The van der Waals surface area contributed by atoms with E-state index in [0.29, 0.717) is 0 Å². The molecule has 0 spiro atoms. The van der Waals surface area contributed by atoms with Gasteiger partial charge in [-0.2, -0.15) is 0 Å². The average Bonchev–Trinajstić information content (AvgIpc) is 2.34. The minimum atomic E-state index is 0.810. The summed E-state index contributed by atoms with van der Waals surface area (Å²) in [6, 6.07) is 0. The van der Waals surface area contributed by atoms with Crippen molar-refractivity contribution in [3.63, 3.8) is 0 Å². The van der Waals surface area contributed by atoms with Crippen LogP contribution in [0.4, 0.5) is 0 Å². The molecule has 1 rings (SSSR count). The van der Waals surface area contributed by atoms with Gasteiger partial charge in [-0.25, -0.2) is 0 Å². The Morgan fingerprint density at radius 3 is 2.56 bits per heavy atom. The topological polar surface area (TPSA) is 9.23 Å². The molecule has 1 fully saturated rings. The third-order valence-corrected chi connectivity index (χ3v) is 1.89. The Morgan fingerprint density at radius 1 is 1.33 bits per heavy atom. The second-order valence-electron chi connectivity index (χ2n) is 2.61. The molecule has 1 aliphatic rings. The SMILES string of the molecule is COC=CC1CCCC1. The van der Waals surface area contributed by atoms with Crippen molar-refractivity contribution < 1.29 is 4.74 Å². The molecule has 0 saturated heterocycles. The maximum absolute atomic E-state index is 4.82. The number of hydrogen-bond acceptors (Lipinski definition) is 1. The minimum Gasteiger partial charge on any atom is -0.505 e. The van der Waals surface area contributed by atoms with E-state index in [1.54, 1.807) is 13.4 Å². The van der Waals surface area contributed by atoms with Crippen molar-refractivity contribution in [1.29, 1.82) is 0 Å². The molecule has 1 heteroatoms. The molecule has 0 atom stereocenters. The van der Waals surface area contributed by atoms with Crippen molar-refractivity contribution in [1.82, 2.24) is 0 Å². The molecule has 0 aliphatic heterocycles. The smallest absolute Gasteiger partial charge is 0.0787 e. The van der Waals surface area contributed by atoms with Crippen LogP contribution in [0.5, 0.6) is 0 Å². The summed E-state index contributed by atoms with van der Waals surface area (Å²) in [6.45, 7) is 0. The average molecular weight is 126 g/mol. The van der Waals surface area contributed by atoms with Crippen LogP contribution in [-0.2, 0) is 4.74 Å². The van der Waals surface area contributed by atoms with E-state index >= 15 is 0 Å². The van der Waals surface area contributed by atoms with Gasteiger partial charge in [0.25, 0.3) is 0 Å². The summed E-state index contributed by atoms with van der Waals surface area (Å²) in [6.07, 6.45) is 9.50. The van der Waals surface area contributed by atoms with Gasteiger partial charge in [-0.1, -0.05) is 12.8 Å². The maximum Gasteiger partial charge on any atom is 0.0787 e. The molecule has 1 aliphatic carbocycles. The first kappa shape index (κ1) is 6.66. The van der Waals surface area contributed by atoms with Crippen LogP contribution in [0.3, 0.4) is 0 Å². The van der Waals surface area contributed by atoms with Crippen LogP contribution in [0.25, 0.3) is 0 Å². The van der Waals surface area contributed by atoms with Crippen LogP contribution in [0.15, 0.2) is 12.3 Å². The maximum atomic E-state index is 4.82. The van der Waals surface area contributed by atoms with Crippen molar-refractivity contribution in [3.8, 4) is 0 Å². The van der Waals surface area contributed by atoms with Crippen molar-refractivity contribution in [2.75, 3.05) is 7.11 Å². The highest BCUT2D eigenvalue weighted by molar-refractivity contribution is 4.85. The predicted octanol–water partition coefficient (Wildman–Crippen LogP) is 2.34. The molecule has 1 saturated carbocycles. The van der Waals surface area contributed by atoms with Crippen molar-refractivity contribution >= 4 is 0 Å². The van der Waals surface area contributed by atoms with Crippen molar-refractivity contribution in [3.05, 3.63) is 12.3 Å². The number of methoxy groups -OCH3 is 1. The third kappa shape index (κ3) is 2.08. The summed E-state index contributed by atoms with van der Waals surface area (Å²) in [4.78, 5) is 0. The van der Waals surface area contributed by atoms with Crippen LogP contribution in [0, 0.1) is 5.92 Å². The summed E-state index contributed by atoms with van der Waals surface area (Å²) in [5.74, 6) is 0.810. The minimum absolute atomic E-state index is 0.810. The monoisotopic (exact) mass is 126 g/mol. The van der Waals surface area contributed by atoms with Gasteiger partial charge in [0.05, 0.1) is 13.4 Å². The lowest BCUT2D eigenvalue weighted by molar-refractivity contribution is 0.333. The number of allylic oxidation sites excluding steroid dienone is 1. The van der Waals surface area contributed by atoms with Crippen LogP contribution in [-0.4, -0.2) is 7.11 Å². The lowest BCUT2D eigenvalue weighted by atomic mass is 10.1. The van der Waals surface area contributed by atoms with Crippen LogP contribution >= 0.6 is 0 Å². The normalized spacial score (nSPS) is 21.4. The fraction of sp³-hybridized carbons (Fsp3) is 0.750. The molecular weight excluding hydrogens is 112 g/mol. The molecule has 9 heavy (non-hydrogen) atoms. The molecule has 0 N–H and O–H groups in total. The summed E-state index contributed by atoms with van der Waals surface area (Å²) in [5.41, 5.74) is 0. The van der Waals surface area contributed by atoms with Crippen molar-refractivity contribution in [2.24, 2.45) is 5.92 Å².